The summed E-state index contributed by atoms with van der Waals surface area (Å²) in [5.41, 5.74) is 1.06. The Bertz CT molecular complexity index is 358. The van der Waals surface area contributed by atoms with Gasteiger partial charge in [0.15, 0.2) is 0 Å². The highest BCUT2D eigenvalue weighted by molar-refractivity contribution is 5.09. The Labute approximate surface area is 109 Å². The first-order valence-electron chi connectivity index (χ1n) is 6.57. The van der Waals surface area contributed by atoms with Crippen molar-refractivity contribution in [3.05, 3.63) is 30.1 Å². The molecule has 1 N–H and O–H groups in total. The number of pyridine rings is 1. The van der Waals surface area contributed by atoms with E-state index in [-0.39, 0.29) is 18.2 Å². The summed E-state index contributed by atoms with van der Waals surface area (Å²) in [7, 11) is 1.75. The lowest BCUT2D eigenvalue weighted by molar-refractivity contribution is -0.133. The SMILES string of the molecule is CCOC1CC(N[C@@H](C)c2ccccn2)C1OC. The first-order chi connectivity index (χ1) is 8.76. The van der Waals surface area contributed by atoms with Crippen LogP contribution in [-0.4, -0.2) is 37.0 Å². The van der Waals surface area contributed by atoms with E-state index in [1.54, 1.807) is 7.11 Å². The third kappa shape index (κ3) is 2.88. The van der Waals surface area contributed by atoms with Crippen LogP contribution in [-0.2, 0) is 9.47 Å². The van der Waals surface area contributed by atoms with Gasteiger partial charge in [-0.05, 0) is 32.4 Å². The summed E-state index contributed by atoms with van der Waals surface area (Å²) >= 11 is 0. The molecule has 4 nitrogen and oxygen atoms in total. The number of hydrogen-bond donors (Lipinski definition) is 1. The van der Waals surface area contributed by atoms with Crippen molar-refractivity contribution < 1.29 is 9.47 Å². The normalized spacial score (nSPS) is 28.7. The van der Waals surface area contributed by atoms with E-state index in [2.05, 4.69) is 17.2 Å². The van der Waals surface area contributed by atoms with Gasteiger partial charge in [-0.25, -0.2) is 0 Å². The number of aromatic nitrogens is 1. The Morgan fingerprint density at radius 3 is 2.94 bits per heavy atom. The third-order valence-electron chi connectivity index (χ3n) is 3.50. The largest absolute Gasteiger partial charge is 0.377 e. The van der Waals surface area contributed by atoms with Gasteiger partial charge >= 0.3 is 0 Å². The number of nitrogens with one attached hydrogen (secondary N) is 1. The summed E-state index contributed by atoms with van der Waals surface area (Å²) in [4.78, 5) is 4.36. The van der Waals surface area contributed by atoms with E-state index in [1.165, 1.54) is 0 Å². The molecule has 4 heteroatoms. The van der Waals surface area contributed by atoms with Gasteiger partial charge in [0.05, 0.1) is 17.9 Å². The second-order valence-electron chi connectivity index (χ2n) is 4.68. The van der Waals surface area contributed by atoms with E-state index >= 15 is 0 Å². The van der Waals surface area contributed by atoms with Crippen LogP contribution in [0.5, 0.6) is 0 Å². The molecule has 0 amide bonds. The predicted molar refractivity (Wildman–Crippen MR) is 70.4 cm³/mol. The van der Waals surface area contributed by atoms with E-state index in [1.807, 2.05) is 31.3 Å². The molecule has 0 spiro atoms. The fourth-order valence-electron chi connectivity index (χ4n) is 2.48. The lowest BCUT2D eigenvalue weighted by atomic mass is 9.84. The number of nitrogens with zero attached hydrogens (tertiary/aromatic N) is 1. The van der Waals surface area contributed by atoms with E-state index in [0.717, 1.165) is 18.7 Å². The summed E-state index contributed by atoms with van der Waals surface area (Å²) in [6.07, 6.45) is 3.21. The molecule has 4 atom stereocenters. The molecule has 0 aliphatic heterocycles. The van der Waals surface area contributed by atoms with Gasteiger partial charge in [0.1, 0.15) is 0 Å². The fourth-order valence-corrected chi connectivity index (χ4v) is 2.48. The molecule has 1 aromatic rings. The molecule has 2 rings (SSSR count). The van der Waals surface area contributed by atoms with Gasteiger partial charge in [-0.1, -0.05) is 6.07 Å². The van der Waals surface area contributed by atoms with Gasteiger partial charge in [0.2, 0.25) is 0 Å². The Balaban J connectivity index is 1.87. The van der Waals surface area contributed by atoms with Crippen molar-refractivity contribution in [1.29, 1.82) is 0 Å². The lowest BCUT2D eigenvalue weighted by Crippen LogP contribution is -2.60. The monoisotopic (exact) mass is 250 g/mol. The Morgan fingerprint density at radius 2 is 2.33 bits per heavy atom. The third-order valence-corrected chi connectivity index (χ3v) is 3.50. The number of methoxy groups -OCH3 is 1. The van der Waals surface area contributed by atoms with Crippen LogP contribution in [0.15, 0.2) is 24.4 Å². The van der Waals surface area contributed by atoms with Gasteiger partial charge < -0.3 is 14.8 Å². The molecule has 1 saturated carbocycles. The van der Waals surface area contributed by atoms with Crippen LogP contribution >= 0.6 is 0 Å². The molecule has 1 aliphatic rings. The molecule has 0 bridgehead atoms. The second kappa shape index (κ2) is 6.27. The molecule has 0 aromatic carbocycles. The maximum absolute atomic E-state index is 5.62. The molecule has 18 heavy (non-hydrogen) atoms. The molecular weight excluding hydrogens is 228 g/mol. The Hall–Kier alpha value is -0.970. The van der Waals surface area contributed by atoms with Gasteiger partial charge in [-0.15, -0.1) is 0 Å². The fraction of sp³-hybridized carbons (Fsp3) is 0.643. The van der Waals surface area contributed by atoms with E-state index in [4.69, 9.17) is 9.47 Å². The lowest BCUT2D eigenvalue weighted by Gasteiger charge is -2.44. The molecular formula is C14H22N2O2. The van der Waals surface area contributed by atoms with Crippen molar-refractivity contribution in [3.8, 4) is 0 Å². The Kier molecular flexibility index (Phi) is 4.69. The first-order valence-corrected chi connectivity index (χ1v) is 6.57. The number of ether oxygens (including phenoxy) is 2. The van der Waals surface area contributed by atoms with Gasteiger partial charge in [-0.3, -0.25) is 4.98 Å². The molecule has 1 aromatic heterocycles. The van der Waals surface area contributed by atoms with Crippen molar-refractivity contribution in [2.75, 3.05) is 13.7 Å². The molecule has 1 aliphatic carbocycles. The van der Waals surface area contributed by atoms with Crippen LogP contribution in [0.2, 0.25) is 0 Å². The van der Waals surface area contributed by atoms with Crippen molar-refractivity contribution >= 4 is 0 Å². The minimum Gasteiger partial charge on any atom is -0.377 e. The summed E-state index contributed by atoms with van der Waals surface area (Å²) in [5.74, 6) is 0. The topological polar surface area (TPSA) is 43.4 Å². The van der Waals surface area contributed by atoms with Crippen molar-refractivity contribution in [1.82, 2.24) is 10.3 Å². The van der Waals surface area contributed by atoms with Gasteiger partial charge in [-0.2, -0.15) is 0 Å². The van der Waals surface area contributed by atoms with Crippen LogP contribution < -0.4 is 5.32 Å². The maximum Gasteiger partial charge on any atom is 0.0987 e. The zero-order chi connectivity index (χ0) is 13.0. The smallest absolute Gasteiger partial charge is 0.0987 e. The highest BCUT2D eigenvalue weighted by atomic mass is 16.5. The standard InChI is InChI=1S/C14H22N2O2/c1-4-18-13-9-12(14(13)17-3)16-10(2)11-7-5-6-8-15-11/h5-8,10,12-14,16H,4,9H2,1-3H3/t10-,12?,13?,14?/m0/s1. The first kappa shape index (κ1) is 13.5. The summed E-state index contributed by atoms with van der Waals surface area (Å²) < 4.78 is 11.1. The second-order valence-corrected chi connectivity index (χ2v) is 4.68. The summed E-state index contributed by atoms with van der Waals surface area (Å²) in [5, 5.41) is 3.55. The van der Waals surface area contributed by atoms with Crippen molar-refractivity contribution in [3.63, 3.8) is 0 Å². The van der Waals surface area contributed by atoms with Gasteiger partial charge in [0, 0.05) is 32.0 Å². The molecule has 1 fully saturated rings. The van der Waals surface area contributed by atoms with Crippen LogP contribution in [0.3, 0.4) is 0 Å². The van der Waals surface area contributed by atoms with Crippen LogP contribution in [0.1, 0.15) is 32.0 Å². The minimum absolute atomic E-state index is 0.149. The molecule has 1 heterocycles. The molecule has 0 saturated heterocycles. The van der Waals surface area contributed by atoms with Crippen LogP contribution in [0.25, 0.3) is 0 Å². The van der Waals surface area contributed by atoms with E-state index in [9.17, 15) is 0 Å². The van der Waals surface area contributed by atoms with Crippen molar-refractivity contribution in [2.45, 2.75) is 44.6 Å². The summed E-state index contributed by atoms with van der Waals surface area (Å²) in [6.45, 7) is 4.89. The zero-order valence-corrected chi connectivity index (χ0v) is 11.3. The van der Waals surface area contributed by atoms with Gasteiger partial charge in [0.25, 0.3) is 0 Å². The summed E-state index contributed by atoms with van der Waals surface area (Å²) in [6, 6.07) is 6.57. The Morgan fingerprint density at radius 1 is 1.50 bits per heavy atom. The van der Waals surface area contributed by atoms with Crippen LogP contribution in [0.4, 0.5) is 0 Å². The van der Waals surface area contributed by atoms with Crippen LogP contribution in [0, 0.1) is 0 Å². The predicted octanol–water partition coefficient (Wildman–Crippen LogP) is 1.92. The van der Waals surface area contributed by atoms with E-state index in [0.29, 0.717) is 6.04 Å². The quantitative estimate of drug-likeness (QED) is 0.837. The molecule has 0 radical (unpaired) electrons. The highest BCUT2D eigenvalue weighted by Gasteiger charge is 2.42. The average Bonchev–Trinajstić information content (AvgIpc) is 2.38. The maximum atomic E-state index is 5.62. The number of rotatable bonds is 6. The van der Waals surface area contributed by atoms with E-state index < -0.39 is 0 Å². The zero-order valence-electron chi connectivity index (χ0n) is 11.3. The average molecular weight is 250 g/mol. The molecule has 3 unspecified atom stereocenters. The van der Waals surface area contributed by atoms with Crippen molar-refractivity contribution in [2.24, 2.45) is 0 Å². The number of hydrogen-bond acceptors (Lipinski definition) is 4. The highest BCUT2D eigenvalue weighted by Crippen LogP contribution is 2.28. The minimum atomic E-state index is 0.149. The molecule has 100 valence electrons.